The molecule has 1 saturated heterocycles. The van der Waals surface area contributed by atoms with Gasteiger partial charge in [0, 0.05) is 35.4 Å². The van der Waals surface area contributed by atoms with Gasteiger partial charge in [0.1, 0.15) is 0 Å². The minimum Gasteiger partial charge on any atom is -0.376 e. The van der Waals surface area contributed by atoms with Gasteiger partial charge in [-0.3, -0.25) is 4.90 Å². The zero-order valence-corrected chi connectivity index (χ0v) is 14.8. The highest BCUT2D eigenvalue weighted by molar-refractivity contribution is 7.12. The number of morpholine rings is 1. The van der Waals surface area contributed by atoms with Crippen molar-refractivity contribution in [1.29, 1.82) is 0 Å². The molecule has 0 amide bonds. The first-order chi connectivity index (χ1) is 10.1. The molecule has 2 unspecified atom stereocenters. The van der Waals surface area contributed by atoms with E-state index >= 15 is 0 Å². The van der Waals surface area contributed by atoms with Crippen molar-refractivity contribution in [2.24, 2.45) is 0 Å². The fourth-order valence-corrected chi connectivity index (χ4v) is 3.94. The molecule has 1 fully saturated rings. The Kier molecular flexibility index (Phi) is 6.68. The highest BCUT2D eigenvalue weighted by atomic mass is 32.1. The number of aryl methyl sites for hydroxylation is 1. The van der Waals surface area contributed by atoms with Crippen molar-refractivity contribution in [3.63, 3.8) is 0 Å². The molecule has 0 aliphatic carbocycles. The van der Waals surface area contributed by atoms with Gasteiger partial charge in [-0.2, -0.15) is 0 Å². The summed E-state index contributed by atoms with van der Waals surface area (Å²) in [7, 11) is 0. The molecule has 4 heteroatoms. The van der Waals surface area contributed by atoms with Crippen molar-refractivity contribution >= 4 is 11.3 Å². The molecule has 3 nitrogen and oxygen atoms in total. The van der Waals surface area contributed by atoms with E-state index in [2.05, 4.69) is 44.0 Å². The lowest BCUT2D eigenvalue weighted by Gasteiger charge is -2.38. The number of thiophene rings is 1. The molecule has 0 spiro atoms. The van der Waals surface area contributed by atoms with Gasteiger partial charge in [-0.1, -0.05) is 13.8 Å². The molecule has 0 bridgehead atoms. The lowest BCUT2D eigenvalue weighted by molar-refractivity contribution is -0.0592. The third-order valence-corrected chi connectivity index (χ3v) is 5.32. The molecular weight excluding hydrogens is 280 g/mol. The van der Waals surface area contributed by atoms with Crippen LogP contribution in [0.4, 0.5) is 0 Å². The number of ether oxygens (including phenoxy) is 1. The standard InChI is InChI=1S/C17H30N2OS/c1-5-7-18-9-17-8-15(14(4)21-17)11-19-10-13(3)20-12-16(19)6-2/h8,13,16,18H,5-7,9-12H2,1-4H3. The molecule has 0 radical (unpaired) electrons. The van der Waals surface area contributed by atoms with Crippen LogP contribution in [0.15, 0.2) is 6.07 Å². The van der Waals surface area contributed by atoms with Crippen LogP contribution < -0.4 is 5.32 Å². The Morgan fingerprint density at radius 2 is 2.24 bits per heavy atom. The molecule has 1 N–H and O–H groups in total. The second kappa shape index (κ2) is 8.28. The van der Waals surface area contributed by atoms with Gasteiger partial charge in [0.15, 0.2) is 0 Å². The first-order valence-corrected chi connectivity index (χ1v) is 9.10. The summed E-state index contributed by atoms with van der Waals surface area (Å²) in [5.41, 5.74) is 1.50. The molecule has 2 heterocycles. The zero-order chi connectivity index (χ0) is 15.2. The fraction of sp³-hybridized carbons (Fsp3) is 0.765. The number of nitrogens with one attached hydrogen (secondary N) is 1. The molecule has 21 heavy (non-hydrogen) atoms. The van der Waals surface area contributed by atoms with E-state index in [1.165, 1.54) is 28.2 Å². The number of hydrogen-bond donors (Lipinski definition) is 1. The molecule has 2 atom stereocenters. The Hall–Kier alpha value is -0.420. The van der Waals surface area contributed by atoms with E-state index < -0.39 is 0 Å². The second-order valence-corrected chi connectivity index (χ2v) is 7.45. The fourth-order valence-electron chi connectivity index (χ4n) is 2.92. The molecule has 1 aliphatic heterocycles. The molecule has 2 rings (SSSR count). The van der Waals surface area contributed by atoms with Gasteiger partial charge in [0.25, 0.3) is 0 Å². The van der Waals surface area contributed by atoms with Gasteiger partial charge in [-0.25, -0.2) is 0 Å². The van der Waals surface area contributed by atoms with Crippen molar-refractivity contribution in [2.45, 2.75) is 65.8 Å². The summed E-state index contributed by atoms with van der Waals surface area (Å²) >= 11 is 1.94. The zero-order valence-electron chi connectivity index (χ0n) is 13.9. The van der Waals surface area contributed by atoms with Crippen LogP contribution >= 0.6 is 11.3 Å². The van der Waals surface area contributed by atoms with Gasteiger partial charge >= 0.3 is 0 Å². The van der Waals surface area contributed by atoms with Crippen LogP contribution in [0.25, 0.3) is 0 Å². The summed E-state index contributed by atoms with van der Waals surface area (Å²) in [6.07, 6.45) is 2.72. The first-order valence-electron chi connectivity index (χ1n) is 8.28. The van der Waals surface area contributed by atoms with Gasteiger partial charge in [-0.05, 0) is 44.9 Å². The van der Waals surface area contributed by atoms with Crippen LogP contribution in [0.2, 0.25) is 0 Å². The van der Waals surface area contributed by atoms with E-state index in [0.717, 1.165) is 32.8 Å². The maximum absolute atomic E-state index is 5.80. The van der Waals surface area contributed by atoms with E-state index in [4.69, 9.17) is 4.74 Å². The quantitative estimate of drug-likeness (QED) is 0.779. The molecule has 120 valence electrons. The molecule has 0 saturated carbocycles. The van der Waals surface area contributed by atoms with Crippen molar-refractivity contribution in [1.82, 2.24) is 10.2 Å². The predicted molar refractivity (Wildman–Crippen MR) is 91.0 cm³/mol. The van der Waals surface area contributed by atoms with E-state index in [-0.39, 0.29) is 0 Å². The Labute approximate surface area is 133 Å². The van der Waals surface area contributed by atoms with Gasteiger partial charge in [-0.15, -0.1) is 11.3 Å². The normalized spacial score (nSPS) is 23.6. The Morgan fingerprint density at radius 1 is 1.43 bits per heavy atom. The Morgan fingerprint density at radius 3 is 2.95 bits per heavy atom. The maximum atomic E-state index is 5.80. The maximum Gasteiger partial charge on any atom is 0.0674 e. The van der Waals surface area contributed by atoms with Crippen LogP contribution in [0, 0.1) is 6.92 Å². The van der Waals surface area contributed by atoms with Gasteiger partial charge < -0.3 is 10.1 Å². The molecule has 1 aliphatic rings. The summed E-state index contributed by atoms with van der Waals surface area (Å²) in [6, 6.07) is 2.97. The first kappa shape index (κ1) is 16.9. The third-order valence-electron chi connectivity index (χ3n) is 4.22. The number of nitrogens with zero attached hydrogens (tertiary/aromatic N) is 1. The van der Waals surface area contributed by atoms with E-state index in [9.17, 15) is 0 Å². The summed E-state index contributed by atoms with van der Waals surface area (Å²) in [5.74, 6) is 0. The Balaban J connectivity index is 1.97. The van der Waals surface area contributed by atoms with Crippen molar-refractivity contribution in [2.75, 3.05) is 19.7 Å². The largest absolute Gasteiger partial charge is 0.376 e. The van der Waals surface area contributed by atoms with E-state index in [0.29, 0.717) is 12.1 Å². The molecule has 0 aromatic carbocycles. The van der Waals surface area contributed by atoms with Crippen LogP contribution in [0.1, 0.15) is 48.9 Å². The highest BCUT2D eigenvalue weighted by Gasteiger charge is 2.26. The predicted octanol–water partition coefficient (Wildman–Crippen LogP) is 3.56. The minimum absolute atomic E-state index is 0.359. The van der Waals surface area contributed by atoms with Crippen LogP contribution in [-0.2, 0) is 17.8 Å². The van der Waals surface area contributed by atoms with Crippen molar-refractivity contribution in [3.05, 3.63) is 21.4 Å². The number of hydrogen-bond acceptors (Lipinski definition) is 4. The average Bonchev–Trinajstić information content (AvgIpc) is 2.80. The average molecular weight is 311 g/mol. The van der Waals surface area contributed by atoms with Gasteiger partial charge in [0.05, 0.1) is 12.7 Å². The topological polar surface area (TPSA) is 24.5 Å². The second-order valence-electron chi connectivity index (χ2n) is 6.11. The smallest absolute Gasteiger partial charge is 0.0674 e. The highest BCUT2D eigenvalue weighted by Crippen LogP contribution is 2.25. The van der Waals surface area contributed by atoms with Crippen molar-refractivity contribution in [3.8, 4) is 0 Å². The third kappa shape index (κ3) is 4.78. The SMILES string of the molecule is CCCNCc1cc(CN2CC(C)OCC2CC)c(C)s1. The molecule has 1 aromatic rings. The monoisotopic (exact) mass is 310 g/mol. The summed E-state index contributed by atoms with van der Waals surface area (Å²) in [6.45, 7) is 14.0. The lowest BCUT2D eigenvalue weighted by Crippen LogP contribution is -2.47. The summed E-state index contributed by atoms with van der Waals surface area (Å²) in [5, 5.41) is 3.50. The van der Waals surface area contributed by atoms with Crippen LogP contribution in [-0.4, -0.2) is 36.7 Å². The Bertz CT molecular complexity index is 432. The number of rotatable bonds is 7. The van der Waals surface area contributed by atoms with Crippen LogP contribution in [0.5, 0.6) is 0 Å². The van der Waals surface area contributed by atoms with Crippen LogP contribution in [0.3, 0.4) is 0 Å². The molecule has 1 aromatic heterocycles. The van der Waals surface area contributed by atoms with Gasteiger partial charge in [0.2, 0.25) is 0 Å². The van der Waals surface area contributed by atoms with Crippen molar-refractivity contribution < 1.29 is 4.74 Å². The van der Waals surface area contributed by atoms with E-state index in [1.807, 2.05) is 11.3 Å². The molecular formula is C17H30N2OS. The summed E-state index contributed by atoms with van der Waals surface area (Å²) < 4.78 is 5.80. The summed E-state index contributed by atoms with van der Waals surface area (Å²) in [4.78, 5) is 5.54. The van der Waals surface area contributed by atoms with E-state index in [1.54, 1.807) is 0 Å². The lowest BCUT2D eigenvalue weighted by atomic mass is 10.1. The minimum atomic E-state index is 0.359.